The van der Waals surface area contributed by atoms with E-state index in [9.17, 15) is 9.59 Å². The summed E-state index contributed by atoms with van der Waals surface area (Å²) in [6.07, 6.45) is 2.74. The standard InChI is InChI=1S/C21H18BrClN4O3S.C2H6/c1-13(23)16(9-5-11-19(29)30)24-18(28)12-31-21-26-25-20(22)27(21)17-10-4-7-14-6-2-3-8-15(14)17;1-2/h2-10H,11-12H2,1H3,(H,24,28)(H,29,30);1-2H3/b9-5-,16-13-;. The zero-order valence-corrected chi connectivity index (χ0v) is 21.5. The van der Waals surface area contributed by atoms with E-state index in [2.05, 4.69) is 31.4 Å². The van der Waals surface area contributed by atoms with Crippen molar-refractivity contribution in [2.75, 3.05) is 5.75 Å². The molecule has 3 aromatic rings. The number of allylic oxidation sites excluding steroid dienone is 2. The van der Waals surface area contributed by atoms with Crippen molar-refractivity contribution < 1.29 is 14.7 Å². The largest absolute Gasteiger partial charge is 0.481 e. The van der Waals surface area contributed by atoms with Crippen molar-refractivity contribution in [3.63, 3.8) is 0 Å². The lowest BCUT2D eigenvalue weighted by atomic mass is 10.1. The minimum atomic E-state index is -0.969. The van der Waals surface area contributed by atoms with Gasteiger partial charge in [-0.15, -0.1) is 10.2 Å². The molecule has 0 atom stereocenters. The molecule has 0 saturated heterocycles. The van der Waals surface area contributed by atoms with Crippen LogP contribution >= 0.6 is 39.3 Å². The molecule has 10 heteroatoms. The maximum atomic E-state index is 12.5. The first-order valence-electron chi connectivity index (χ1n) is 10.1. The number of benzene rings is 2. The highest BCUT2D eigenvalue weighted by molar-refractivity contribution is 9.10. The zero-order valence-electron chi connectivity index (χ0n) is 18.4. The average Bonchev–Trinajstić information content (AvgIpc) is 3.17. The number of nitrogens with zero attached hydrogens (tertiary/aromatic N) is 3. The Balaban J connectivity index is 0.00000187. The van der Waals surface area contributed by atoms with Gasteiger partial charge in [-0.1, -0.05) is 79.7 Å². The Labute approximate surface area is 210 Å². The number of aliphatic carboxylic acids is 1. The molecule has 0 fully saturated rings. The van der Waals surface area contributed by atoms with Crippen LogP contribution in [0.1, 0.15) is 27.2 Å². The lowest BCUT2D eigenvalue weighted by Gasteiger charge is -2.11. The number of halogens is 2. The van der Waals surface area contributed by atoms with Crippen molar-refractivity contribution in [1.82, 2.24) is 20.1 Å². The molecule has 2 N–H and O–H groups in total. The first-order chi connectivity index (χ1) is 15.9. The second kappa shape index (κ2) is 13.2. The Hall–Kier alpha value is -2.62. The number of fused-ring (bicyclic) bond motifs is 1. The summed E-state index contributed by atoms with van der Waals surface area (Å²) >= 11 is 10.7. The van der Waals surface area contributed by atoms with E-state index in [4.69, 9.17) is 16.7 Å². The van der Waals surface area contributed by atoms with Gasteiger partial charge in [0.1, 0.15) is 0 Å². The number of carbonyl (C=O) groups is 2. The molecule has 2 aromatic carbocycles. The quantitative estimate of drug-likeness (QED) is 0.266. The van der Waals surface area contributed by atoms with Crippen molar-refractivity contribution in [3.05, 3.63) is 70.1 Å². The number of thioether (sulfide) groups is 1. The SMILES string of the molecule is C/C(Cl)=C(\C=C/CC(=O)O)NC(=O)CSc1nnc(Br)n1-c1cccc2ccccc12.CC. The molecule has 0 aliphatic carbocycles. The summed E-state index contributed by atoms with van der Waals surface area (Å²) in [5.74, 6) is -1.21. The number of amides is 1. The van der Waals surface area contributed by atoms with Crippen molar-refractivity contribution >= 4 is 61.9 Å². The van der Waals surface area contributed by atoms with E-state index in [0.717, 1.165) is 16.5 Å². The Bertz CT molecular complexity index is 1180. The highest BCUT2D eigenvalue weighted by Gasteiger charge is 2.16. The molecule has 0 radical (unpaired) electrons. The van der Waals surface area contributed by atoms with Crippen LogP contribution < -0.4 is 5.32 Å². The van der Waals surface area contributed by atoms with Gasteiger partial charge < -0.3 is 10.4 Å². The number of rotatable bonds is 8. The molecule has 0 saturated carbocycles. The van der Waals surface area contributed by atoms with Crippen LogP contribution in [0.3, 0.4) is 0 Å². The fourth-order valence-corrected chi connectivity index (χ4v) is 4.20. The molecule has 3 rings (SSSR count). The normalized spacial score (nSPS) is 11.7. The van der Waals surface area contributed by atoms with E-state index < -0.39 is 5.97 Å². The molecular weight excluding hydrogens is 528 g/mol. The van der Waals surface area contributed by atoms with Crippen molar-refractivity contribution in [1.29, 1.82) is 0 Å². The van der Waals surface area contributed by atoms with Gasteiger partial charge in [-0.3, -0.25) is 14.2 Å². The molecule has 1 amide bonds. The number of aromatic nitrogens is 3. The Morgan fingerprint density at radius 1 is 1.18 bits per heavy atom. The van der Waals surface area contributed by atoms with E-state index in [1.807, 2.05) is 60.9 Å². The van der Waals surface area contributed by atoms with Crippen LogP contribution in [-0.4, -0.2) is 37.5 Å². The van der Waals surface area contributed by atoms with Crippen LogP contribution in [0.5, 0.6) is 0 Å². The van der Waals surface area contributed by atoms with Crippen LogP contribution in [0.4, 0.5) is 0 Å². The fourth-order valence-electron chi connectivity index (χ4n) is 2.79. The molecule has 174 valence electrons. The summed E-state index contributed by atoms with van der Waals surface area (Å²) in [5, 5.41) is 22.7. The summed E-state index contributed by atoms with van der Waals surface area (Å²) < 4.78 is 2.37. The molecule has 7 nitrogen and oxygen atoms in total. The van der Waals surface area contributed by atoms with Crippen LogP contribution in [0, 0.1) is 0 Å². The molecule has 33 heavy (non-hydrogen) atoms. The highest BCUT2D eigenvalue weighted by Crippen LogP contribution is 2.29. The third-order valence-corrected chi connectivity index (χ3v) is 5.80. The molecule has 1 heterocycles. The third kappa shape index (κ3) is 7.45. The second-order valence-electron chi connectivity index (χ2n) is 6.37. The molecule has 0 unspecified atom stereocenters. The lowest BCUT2D eigenvalue weighted by molar-refractivity contribution is -0.136. The Morgan fingerprint density at radius 3 is 2.58 bits per heavy atom. The van der Waals surface area contributed by atoms with E-state index in [1.54, 1.807) is 6.92 Å². The minimum absolute atomic E-state index is 0.0658. The fraction of sp³-hybridized carbons (Fsp3) is 0.217. The van der Waals surface area contributed by atoms with Gasteiger partial charge >= 0.3 is 5.97 Å². The van der Waals surface area contributed by atoms with Crippen LogP contribution in [0.25, 0.3) is 16.5 Å². The number of carboxylic acid groups (broad SMARTS) is 1. The van der Waals surface area contributed by atoms with Gasteiger partial charge in [0, 0.05) is 10.4 Å². The van der Waals surface area contributed by atoms with Crippen molar-refractivity contribution in [2.24, 2.45) is 0 Å². The Kier molecular flexibility index (Phi) is 10.6. The maximum absolute atomic E-state index is 12.5. The van der Waals surface area contributed by atoms with Gasteiger partial charge in [-0.2, -0.15) is 0 Å². The van der Waals surface area contributed by atoms with Crippen LogP contribution in [0.2, 0.25) is 0 Å². The lowest BCUT2D eigenvalue weighted by Crippen LogP contribution is -2.24. The predicted octanol–water partition coefficient (Wildman–Crippen LogP) is 5.92. The summed E-state index contributed by atoms with van der Waals surface area (Å²) in [7, 11) is 0. The topological polar surface area (TPSA) is 97.1 Å². The van der Waals surface area contributed by atoms with Gasteiger partial charge in [0.2, 0.25) is 10.6 Å². The van der Waals surface area contributed by atoms with Gasteiger partial charge in [-0.25, -0.2) is 0 Å². The van der Waals surface area contributed by atoms with Gasteiger partial charge in [0.25, 0.3) is 0 Å². The maximum Gasteiger partial charge on any atom is 0.307 e. The smallest absolute Gasteiger partial charge is 0.307 e. The minimum Gasteiger partial charge on any atom is -0.481 e. The molecule has 0 aliphatic heterocycles. The number of carbonyl (C=O) groups excluding carboxylic acids is 1. The van der Waals surface area contributed by atoms with Gasteiger partial charge in [0.15, 0.2) is 5.16 Å². The number of hydrogen-bond acceptors (Lipinski definition) is 5. The first kappa shape index (κ1) is 26.6. The summed E-state index contributed by atoms with van der Waals surface area (Å²) in [6, 6.07) is 13.9. The molecular formula is C23H24BrClN4O3S. The molecule has 0 aliphatic rings. The number of nitrogens with one attached hydrogen (secondary N) is 1. The van der Waals surface area contributed by atoms with E-state index in [0.29, 0.717) is 20.6 Å². The van der Waals surface area contributed by atoms with Crippen LogP contribution in [0.15, 0.2) is 75.2 Å². The number of carboxylic acids is 1. The number of hydrogen-bond donors (Lipinski definition) is 2. The third-order valence-electron chi connectivity index (χ3n) is 4.16. The van der Waals surface area contributed by atoms with Gasteiger partial charge in [-0.05, 0) is 40.4 Å². The van der Waals surface area contributed by atoms with Gasteiger partial charge in [0.05, 0.1) is 23.6 Å². The van der Waals surface area contributed by atoms with E-state index >= 15 is 0 Å². The molecule has 1 aromatic heterocycles. The first-order valence-corrected chi connectivity index (χ1v) is 12.3. The molecule has 0 spiro atoms. The Morgan fingerprint density at radius 2 is 1.88 bits per heavy atom. The van der Waals surface area contributed by atoms with E-state index in [1.165, 1.54) is 23.9 Å². The van der Waals surface area contributed by atoms with Crippen molar-refractivity contribution in [3.8, 4) is 5.69 Å². The molecule has 0 bridgehead atoms. The van der Waals surface area contributed by atoms with Crippen LogP contribution in [-0.2, 0) is 9.59 Å². The van der Waals surface area contributed by atoms with E-state index in [-0.39, 0.29) is 18.1 Å². The monoisotopic (exact) mass is 550 g/mol. The summed E-state index contributed by atoms with van der Waals surface area (Å²) in [6.45, 7) is 5.61. The summed E-state index contributed by atoms with van der Waals surface area (Å²) in [5.41, 5.74) is 1.25. The average molecular weight is 552 g/mol. The predicted molar refractivity (Wildman–Crippen MR) is 137 cm³/mol. The highest BCUT2D eigenvalue weighted by atomic mass is 79.9. The second-order valence-corrected chi connectivity index (χ2v) is 8.59. The van der Waals surface area contributed by atoms with Crippen molar-refractivity contribution in [2.45, 2.75) is 32.3 Å². The summed E-state index contributed by atoms with van der Waals surface area (Å²) in [4.78, 5) is 23.1. The zero-order chi connectivity index (χ0) is 24.4.